The summed E-state index contributed by atoms with van der Waals surface area (Å²) in [6.45, 7) is -0.405. The lowest BCUT2D eigenvalue weighted by molar-refractivity contribution is -0.119. The van der Waals surface area contributed by atoms with Crippen molar-refractivity contribution < 1.29 is 19.1 Å². The summed E-state index contributed by atoms with van der Waals surface area (Å²) in [4.78, 5) is 24.8. The molecule has 6 heteroatoms. The van der Waals surface area contributed by atoms with Crippen molar-refractivity contribution in [1.82, 2.24) is 0 Å². The number of benzene rings is 3. The second-order valence-electron chi connectivity index (χ2n) is 6.58. The second kappa shape index (κ2) is 7.52. The molecule has 1 aliphatic carbocycles. The molecule has 28 heavy (non-hydrogen) atoms. The Morgan fingerprint density at radius 1 is 1.07 bits per heavy atom. The van der Waals surface area contributed by atoms with Gasteiger partial charge >= 0.3 is 5.97 Å². The molecule has 0 spiro atoms. The maximum absolute atomic E-state index is 12.6. The number of methoxy groups -OCH3 is 1. The van der Waals surface area contributed by atoms with Gasteiger partial charge in [-0.2, -0.15) is 0 Å². The molecule has 0 aliphatic heterocycles. The van der Waals surface area contributed by atoms with Crippen LogP contribution < -0.4 is 10.1 Å². The lowest BCUT2D eigenvalue weighted by Crippen LogP contribution is -2.21. The molecule has 0 heterocycles. The van der Waals surface area contributed by atoms with Gasteiger partial charge in [0, 0.05) is 5.02 Å². The van der Waals surface area contributed by atoms with Crippen molar-refractivity contribution >= 4 is 39.9 Å². The van der Waals surface area contributed by atoms with E-state index in [-0.39, 0.29) is 0 Å². The number of hydrogen-bond acceptors (Lipinski definition) is 4. The van der Waals surface area contributed by atoms with Crippen molar-refractivity contribution in [2.45, 2.75) is 12.8 Å². The summed E-state index contributed by atoms with van der Waals surface area (Å²) in [7, 11) is 1.49. The third-order valence-corrected chi connectivity index (χ3v) is 5.10. The normalized spacial score (nSPS) is 12.1. The fourth-order valence-electron chi connectivity index (χ4n) is 3.60. The van der Waals surface area contributed by atoms with E-state index in [1.54, 1.807) is 24.3 Å². The number of carbonyl (C=O) groups is 2. The maximum Gasteiger partial charge on any atom is 0.339 e. The number of carbonyl (C=O) groups excluding carboxylic acids is 2. The first-order valence-corrected chi connectivity index (χ1v) is 9.28. The third-order valence-electron chi connectivity index (χ3n) is 4.87. The van der Waals surface area contributed by atoms with Crippen LogP contribution in [0.5, 0.6) is 5.75 Å². The lowest BCUT2D eigenvalue weighted by atomic mass is 10.00. The molecule has 0 saturated heterocycles. The first-order valence-electron chi connectivity index (χ1n) is 8.91. The molecule has 142 valence electrons. The Labute approximate surface area is 167 Å². The Kier molecular flexibility index (Phi) is 4.92. The fourth-order valence-corrected chi connectivity index (χ4v) is 3.77. The molecule has 0 fully saturated rings. The minimum absolute atomic E-state index is 0.405. The molecule has 1 aliphatic rings. The zero-order valence-electron chi connectivity index (χ0n) is 15.3. The van der Waals surface area contributed by atoms with Crippen molar-refractivity contribution in [3.05, 3.63) is 70.2 Å². The number of rotatable bonds is 5. The van der Waals surface area contributed by atoms with E-state index in [4.69, 9.17) is 21.1 Å². The van der Waals surface area contributed by atoms with E-state index in [0.29, 0.717) is 22.0 Å². The smallest absolute Gasteiger partial charge is 0.339 e. The molecule has 0 bridgehead atoms. The summed E-state index contributed by atoms with van der Waals surface area (Å²) in [5.41, 5.74) is 3.37. The molecule has 0 unspecified atom stereocenters. The van der Waals surface area contributed by atoms with Crippen molar-refractivity contribution in [2.24, 2.45) is 0 Å². The lowest BCUT2D eigenvalue weighted by Gasteiger charge is -2.12. The molecule has 0 atom stereocenters. The van der Waals surface area contributed by atoms with E-state index < -0.39 is 18.5 Å². The number of hydrogen-bond donors (Lipinski definition) is 1. The van der Waals surface area contributed by atoms with Crippen LogP contribution >= 0.6 is 11.6 Å². The highest BCUT2D eigenvalue weighted by Gasteiger charge is 2.20. The topological polar surface area (TPSA) is 64.6 Å². The Morgan fingerprint density at radius 3 is 2.64 bits per heavy atom. The SMILES string of the molecule is COc1ccc(Cl)cc1NC(=O)COC(=O)c1ccc2c3c(cccc13)CC2. The van der Waals surface area contributed by atoms with Gasteiger partial charge in [-0.25, -0.2) is 4.79 Å². The fraction of sp³-hybridized carbons (Fsp3) is 0.182. The number of esters is 1. The van der Waals surface area contributed by atoms with Gasteiger partial charge in [-0.15, -0.1) is 0 Å². The van der Waals surface area contributed by atoms with Gasteiger partial charge in [0.1, 0.15) is 5.75 Å². The molecule has 1 amide bonds. The summed E-state index contributed by atoms with van der Waals surface area (Å²) >= 11 is 5.96. The van der Waals surface area contributed by atoms with E-state index in [0.717, 1.165) is 23.6 Å². The van der Waals surface area contributed by atoms with E-state index in [2.05, 4.69) is 11.4 Å². The van der Waals surface area contributed by atoms with Crippen LogP contribution in [0.15, 0.2) is 48.5 Å². The highest BCUT2D eigenvalue weighted by Crippen LogP contribution is 2.33. The Morgan fingerprint density at radius 2 is 1.86 bits per heavy atom. The summed E-state index contributed by atoms with van der Waals surface area (Å²) in [5, 5.41) is 5.11. The number of nitrogens with one attached hydrogen (secondary N) is 1. The van der Waals surface area contributed by atoms with Gasteiger partial charge < -0.3 is 14.8 Å². The number of ether oxygens (including phenoxy) is 2. The average molecular weight is 396 g/mol. The zero-order valence-corrected chi connectivity index (χ0v) is 16.0. The van der Waals surface area contributed by atoms with Gasteiger partial charge in [0.15, 0.2) is 6.61 Å². The van der Waals surface area contributed by atoms with E-state index in [1.165, 1.54) is 18.2 Å². The summed E-state index contributed by atoms with van der Waals surface area (Å²) < 4.78 is 10.4. The summed E-state index contributed by atoms with van der Waals surface area (Å²) in [6.07, 6.45) is 1.96. The monoisotopic (exact) mass is 395 g/mol. The third kappa shape index (κ3) is 3.41. The molecule has 1 N–H and O–H groups in total. The highest BCUT2D eigenvalue weighted by atomic mass is 35.5. The average Bonchev–Trinajstić information content (AvgIpc) is 3.12. The maximum atomic E-state index is 12.6. The first-order chi connectivity index (χ1) is 13.6. The van der Waals surface area contributed by atoms with Gasteiger partial charge in [0.2, 0.25) is 0 Å². The zero-order chi connectivity index (χ0) is 19.7. The number of amides is 1. The predicted molar refractivity (Wildman–Crippen MR) is 108 cm³/mol. The van der Waals surface area contributed by atoms with Gasteiger partial charge in [-0.3, -0.25) is 4.79 Å². The van der Waals surface area contributed by atoms with Crippen molar-refractivity contribution in [2.75, 3.05) is 19.0 Å². The van der Waals surface area contributed by atoms with Crippen molar-refractivity contribution in [1.29, 1.82) is 0 Å². The minimum Gasteiger partial charge on any atom is -0.495 e. The van der Waals surface area contributed by atoms with E-state index >= 15 is 0 Å². The Balaban J connectivity index is 1.48. The van der Waals surface area contributed by atoms with Gasteiger partial charge in [0.05, 0.1) is 18.4 Å². The van der Waals surface area contributed by atoms with Crippen LogP contribution in [-0.4, -0.2) is 25.6 Å². The molecule has 4 rings (SSSR count). The van der Waals surface area contributed by atoms with E-state index in [1.807, 2.05) is 18.2 Å². The van der Waals surface area contributed by atoms with Crippen LogP contribution in [0.1, 0.15) is 21.5 Å². The molecular formula is C22H18ClNO4. The largest absolute Gasteiger partial charge is 0.495 e. The number of anilines is 1. The molecule has 0 saturated carbocycles. The van der Waals surface area contributed by atoms with Gasteiger partial charge in [-0.05, 0) is 59.0 Å². The summed E-state index contributed by atoms with van der Waals surface area (Å²) in [5.74, 6) is -0.528. The van der Waals surface area contributed by atoms with Crippen LogP contribution in [0.4, 0.5) is 5.69 Å². The van der Waals surface area contributed by atoms with E-state index in [9.17, 15) is 9.59 Å². The highest BCUT2D eigenvalue weighted by molar-refractivity contribution is 6.31. The molecule has 0 radical (unpaired) electrons. The summed E-state index contributed by atoms with van der Waals surface area (Å²) in [6, 6.07) is 14.6. The quantitative estimate of drug-likeness (QED) is 0.650. The second-order valence-corrected chi connectivity index (χ2v) is 7.02. The number of halogens is 1. The van der Waals surface area contributed by atoms with Crippen molar-refractivity contribution in [3.63, 3.8) is 0 Å². The van der Waals surface area contributed by atoms with Gasteiger partial charge in [-0.1, -0.05) is 35.9 Å². The standard InChI is InChI=1S/C22H18ClNO4/c1-27-19-10-8-15(23)11-18(19)24-20(25)12-28-22(26)17-9-7-14-6-5-13-3-2-4-16(17)21(13)14/h2-4,7-11H,5-6,12H2,1H3,(H,24,25). The molecule has 3 aromatic rings. The van der Waals surface area contributed by atoms with Gasteiger partial charge in [0.25, 0.3) is 5.91 Å². The molecular weight excluding hydrogens is 378 g/mol. The Hall–Kier alpha value is -3.05. The number of aryl methyl sites for hydroxylation is 2. The predicted octanol–water partition coefficient (Wildman–Crippen LogP) is 4.40. The molecule has 5 nitrogen and oxygen atoms in total. The van der Waals surface area contributed by atoms with Crippen LogP contribution in [-0.2, 0) is 22.4 Å². The van der Waals surface area contributed by atoms with Crippen LogP contribution in [0.25, 0.3) is 10.8 Å². The minimum atomic E-state index is -0.524. The Bertz CT molecular complexity index is 1080. The van der Waals surface area contributed by atoms with Crippen LogP contribution in [0, 0.1) is 0 Å². The van der Waals surface area contributed by atoms with Crippen LogP contribution in [0.2, 0.25) is 5.02 Å². The van der Waals surface area contributed by atoms with Crippen LogP contribution in [0.3, 0.4) is 0 Å². The first kappa shape index (κ1) is 18.3. The molecule has 3 aromatic carbocycles. The van der Waals surface area contributed by atoms with Crippen molar-refractivity contribution in [3.8, 4) is 5.75 Å². The molecule has 0 aromatic heterocycles.